The summed E-state index contributed by atoms with van der Waals surface area (Å²) in [5.41, 5.74) is 0.554. The van der Waals surface area contributed by atoms with E-state index in [1.165, 1.54) is 6.33 Å². The van der Waals surface area contributed by atoms with E-state index in [-0.39, 0.29) is 5.91 Å². The molecule has 7 heteroatoms. The zero-order valence-corrected chi connectivity index (χ0v) is 12.2. The summed E-state index contributed by atoms with van der Waals surface area (Å²) >= 11 is 8.08. The fraction of sp³-hybridized carbons (Fsp3) is 0.182. The van der Waals surface area contributed by atoms with Crippen LogP contribution in [0.25, 0.3) is 0 Å². The minimum Gasteiger partial charge on any atom is -0.352 e. The molecule has 0 radical (unpaired) electrons. The van der Waals surface area contributed by atoms with Crippen molar-refractivity contribution in [2.45, 2.75) is 6.42 Å². The van der Waals surface area contributed by atoms with Crippen LogP contribution in [0.2, 0.25) is 5.02 Å². The zero-order valence-electron chi connectivity index (χ0n) is 9.28. The van der Waals surface area contributed by atoms with Crippen LogP contribution < -0.4 is 5.32 Å². The Bertz CT molecular complexity index is 544. The Morgan fingerprint density at radius 2 is 2.33 bits per heavy atom. The second kappa shape index (κ2) is 6.14. The molecular weight excluding hydrogens is 367 g/mol. The molecule has 1 amide bonds. The second-order valence-corrected chi connectivity index (χ2v) is 5.14. The number of hydrogen-bond donors (Lipinski definition) is 2. The fourth-order valence-electron chi connectivity index (χ4n) is 1.39. The summed E-state index contributed by atoms with van der Waals surface area (Å²) in [6.07, 6.45) is 2.06. The first-order valence-electron chi connectivity index (χ1n) is 5.24. The number of amides is 1. The number of halogens is 2. The average molecular weight is 377 g/mol. The summed E-state index contributed by atoms with van der Waals surface area (Å²) in [4.78, 5) is 15.8. The fourth-order valence-corrected chi connectivity index (χ4v) is 1.90. The highest BCUT2D eigenvalue weighted by Gasteiger charge is 2.07. The molecule has 0 aliphatic rings. The maximum Gasteiger partial charge on any atom is 0.251 e. The maximum absolute atomic E-state index is 11.8. The van der Waals surface area contributed by atoms with Gasteiger partial charge in [-0.05, 0) is 40.8 Å². The molecule has 1 aromatic carbocycles. The predicted molar refractivity (Wildman–Crippen MR) is 76.6 cm³/mol. The van der Waals surface area contributed by atoms with Crippen molar-refractivity contribution in [2.24, 2.45) is 0 Å². The smallest absolute Gasteiger partial charge is 0.251 e. The molecule has 1 heterocycles. The van der Waals surface area contributed by atoms with E-state index in [2.05, 4.69) is 43.1 Å². The van der Waals surface area contributed by atoms with Gasteiger partial charge in [-0.2, -0.15) is 5.10 Å². The average Bonchev–Trinajstić information content (AvgIpc) is 2.85. The van der Waals surface area contributed by atoms with Crippen molar-refractivity contribution in [3.05, 3.63) is 44.5 Å². The highest BCUT2D eigenvalue weighted by Crippen LogP contribution is 2.19. The summed E-state index contributed by atoms with van der Waals surface area (Å²) in [7, 11) is 0. The third-order valence-corrected chi connectivity index (χ3v) is 3.87. The number of aromatic nitrogens is 3. The summed E-state index contributed by atoms with van der Waals surface area (Å²) in [6, 6.07) is 5.22. The lowest BCUT2D eigenvalue weighted by Gasteiger charge is -2.05. The van der Waals surface area contributed by atoms with Crippen LogP contribution in [0.15, 0.2) is 24.5 Å². The highest BCUT2D eigenvalue weighted by atomic mass is 127. The minimum absolute atomic E-state index is 0.146. The van der Waals surface area contributed by atoms with Crippen LogP contribution in [0.4, 0.5) is 0 Å². The maximum atomic E-state index is 11.8. The normalized spacial score (nSPS) is 10.3. The molecule has 1 aromatic heterocycles. The molecule has 18 heavy (non-hydrogen) atoms. The lowest BCUT2D eigenvalue weighted by Crippen LogP contribution is -2.26. The number of benzene rings is 1. The lowest BCUT2D eigenvalue weighted by atomic mass is 10.2. The van der Waals surface area contributed by atoms with E-state index in [1.807, 2.05) is 6.07 Å². The molecule has 2 rings (SSSR count). The van der Waals surface area contributed by atoms with Crippen molar-refractivity contribution in [2.75, 3.05) is 6.54 Å². The van der Waals surface area contributed by atoms with E-state index < -0.39 is 0 Å². The third-order valence-electron chi connectivity index (χ3n) is 2.29. The van der Waals surface area contributed by atoms with Gasteiger partial charge in [-0.25, -0.2) is 4.98 Å². The van der Waals surface area contributed by atoms with Gasteiger partial charge in [0.1, 0.15) is 12.2 Å². The van der Waals surface area contributed by atoms with Gasteiger partial charge in [0.15, 0.2) is 0 Å². The van der Waals surface area contributed by atoms with Crippen molar-refractivity contribution < 1.29 is 4.79 Å². The van der Waals surface area contributed by atoms with Crippen molar-refractivity contribution in [3.63, 3.8) is 0 Å². The quantitative estimate of drug-likeness (QED) is 0.802. The SMILES string of the molecule is O=C(NCCc1ncn[nH]1)c1ccc(I)c(Cl)c1. The predicted octanol–water partition coefficient (Wildman–Crippen LogP) is 2.04. The molecule has 0 fully saturated rings. The van der Waals surface area contributed by atoms with Gasteiger partial charge in [-0.3, -0.25) is 9.89 Å². The second-order valence-electron chi connectivity index (χ2n) is 3.57. The number of nitrogens with zero attached hydrogens (tertiary/aromatic N) is 2. The molecule has 0 saturated carbocycles. The molecule has 0 aliphatic heterocycles. The van der Waals surface area contributed by atoms with Crippen molar-refractivity contribution in [1.82, 2.24) is 20.5 Å². The first-order valence-corrected chi connectivity index (χ1v) is 6.70. The van der Waals surface area contributed by atoms with Crippen LogP contribution in [-0.4, -0.2) is 27.6 Å². The lowest BCUT2D eigenvalue weighted by molar-refractivity contribution is 0.0954. The molecule has 0 aliphatic carbocycles. The van der Waals surface area contributed by atoms with E-state index in [9.17, 15) is 4.79 Å². The van der Waals surface area contributed by atoms with Crippen LogP contribution in [0.5, 0.6) is 0 Å². The van der Waals surface area contributed by atoms with E-state index in [0.717, 1.165) is 9.39 Å². The Morgan fingerprint density at radius 1 is 1.50 bits per heavy atom. The number of rotatable bonds is 4. The Labute approximate surface area is 122 Å². The molecule has 0 bridgehead atoms. The van der Waals surface area contributed by atoms with E-state index >= 15 is 0 Å². The van der Waals surface area contributed by atoms with Gasteiger partial charge >= 0.3 is 0 Å². The molecule has 0 unspecified atom stereocenters. The van der Waals surface area contributed by atoms with Gasteiger partial charge in [0, 0.05) is 22.1 Å². The van der Waals surface area contributed by atoms with Gasteiger partial charge in [-0.15, -0.1) is 0 Å². The number of carbonyl (C=O) groups excluding carboxylic acids is 1. The topological polar surface area (TPSA) is 70.7 Å². The van der Waals surface area contributed by atoms with Gasteiger partial charge in [0.05, 0.1) is 5.02 Å². The summed E-state index contributed by atoms with van der Waals surface area (Å²) in [6.45, 7) is 0.498. The molecule has 94 valence electrons. The van der Waals surface area contributed by atoms with E-state index in [0.29, 0.717) is 23.6 Å². The van der Waals surface area contributed by atoms with Gasteiger partial charge in [0.25, 0.3) is 5.91 Å². The van der Waals surface area contributed by atoms with Crippen molar-refractivity contribution in [3.8, 4) is 0 Å². The molecule has 0 saturated heterocycles. The van der Waals surface area contributed by atoms with Crippen molar-refractivity contribution in [1.29, 1.82) is 0 Å². The van der Waals surface area contributed by atoms with Crippen LogP contribution in [0.3, 0.4) is 0 Å². The van der Waals surface area contributed by atoms with Gasteiger partial charge in [-0.1, -0.05) is 11.6 Å². The molecule has 2 N–H and O–H groups in total. The number of hydrogen-bond acceptors (Lipinski definition) is 3. The Morgan fingerprint density at radius 3 is 3.00 bits per heavy atom. The van der Waals surface area contributed by atoms with Crippen LogP contribution in [0.1, 0.15) is 16.2 Å². The Balaban J connectivity index is 1.89. The molecule has 2 aromatic rings. The summed E-state index contributed by atoms with van der Waals surface area (Å²) in [5, 5.41) is 9.84. The molecule has 5 nitrogen and oxygen atoms in total. The first-order chi connectivity index (χ1) is 8.66. The standard InChI is InChI=1S/C11H10ClIN4O/c12-8-5-7(1-2-9(8)13)11(18)14-4-3-10-15-6-16-17-10/h1-2,5-6H,3-4H2,(H,14,18)(H,15,16,17). The van der Waals surface area contributed by atoms with Crippen LogP contribution >= 0.6 is 34.2 Å². The molecule has 0 spiro atoms. The van der Waals surface area contributed by atoms with Crippen LogP contribution in [-0.2, 0) is 6.42 Å². The van der Waals surface area contributed by atoms with Crippen molar-refractivity contribution >= 4 is 40.1 Å². The van der Waals surface area contributed by atoms with Crippen LogP contribution in [0, 0.1) is 3.57 Å². The number of nitrogens with one attached hydrogen (secondary N) is 2. The monoisotopic (exact) mass is 376 g/mol. The largest absolute Gasteiger partial charge is 0.352 e. The highest BCUT2D eigenvalue weighted by molar-refractivity contribution is 14.1. The molecular formula is C11H10ClIN4O. The third kappa shape index (κ3) is 3.42. The Hall–Kier alpha value is -1.15. The number of H-pyrrole nitrogens is 1. The first kappa shape index (κ1) is 13.3. The van der Waals surface area contributed by atoms with Gasteiger partial charge in [0.2, 0.25) is 0 Å². The van der Waals surface area contributed by atoms with Gasteiger partial charge < -0.3 is 5.32 Å². The van der Waals surface area contributed by atoms with E-state index in [4.69, 9.17) is 11.6 Å². The summed E-state index contributed by atoms with van der Waals surface area (Å²) < 4.78 is 0.924. The van der Waals surface area contributed by atoms with E-state index in [1.54, 1.807) is 12.1 Å². The zero-order chi connectivity index (χ0) is 13.0. The number of aromatic amines is 1. The summed E-state index contributed by atoms with van der Waals surface area (Å²) in [5.74, 6) is 0.601. The Kier molecular flexibility index (Phi) is 4.54. The molecule has 0 atom stereocenters. The number of carbonyl (C=O) groups is 1. The minimum atomic E-state index is -0.146.